The molecule has 0 spiro atoms. The number of hydrogen-bond acceptors (Lipinski definition) is 3. The minimum atomic E-state index is -0.924. The van der Waals surface area contributed by atoms with E-state index in [1.165, 1.54) is 0 Å². The highest BCUT2D eigenvalue weighted by atomic mass is 16.4. The molecule has 1 aromatic rings. The summed E-state index contributed by atoms with van der Waals surface area (Å²) < 4.78 is 0. The van der Waals surface area contributed by atoms with Crippen molar-refractivity contribution in [1.82, 2.24) is 5.32 Å². The summed E-state index contributed by atoms with van der Waals surface area (Å²) in [6, 6.07) is 9.38. The molecule has 0 amide bonds. The zero-order chi connectivity index (χ0) is 12.7. The Balaban J connectivity index is 2.55. The second kappa shape index (κ2) is 6.83. The van der Waals surface area contributed by atoms with Gasteiger partial charge in [0.1, 0.15) is 0 Å². The number of benzene rings is 1. The number of hydrogen-bond donors (Lipinski definition) is 3. The number of rotatable bonds is 6. The molecule has 0 heterocycles. The largest absolute Gasteiger partial charge is 0.478 e. The van der Waals surface area contributed by atoms with Crippen LogP contribution in [0.25, 0.3) is 0 Å². The van der Waals surface area contributed by atoms with Gasteiger partial charge in [0, 0.05) is 12.1 Å². The molecule has 92 valence electrons. The Morgan fingerprint density at radius 1 is 1.41 bits per heavy atom. The summed E-state index contributed by atoms with van der Waals surface area (Å²) in [5.41, 5.74) is 1.28. The van der Waals surface area contributed by atoms with Crippen molar-refractivity contribution in [3.05, 3.63) is 47.5 Å². The fourth-order valence-corrected chi connectivity index (χ4v) is 1.41. The monoisotopic (exact) mass is 235 g/mol. The van der Waals surface area contributed by atoms with Gasteiger partial charge in [0.05, 0.1) is 12.6 Å². The van der Waals surface area contributed by atoms with Crippen LogP contribution in [-0.4, -0.2) is 29.3 Å². The van der Waals surface area contributed by atoms with Crippen LogP contribution in [0.15, 0.2) is 42.0 Å². The molecule has 4 heteroatoms. The van der Waals surface area contributed by atoms with E-state index in [0.29, 0.717) is 12.1 Å². The van der Waals surface area contributed by atoms with Gasteiger partial charge in [0.25, 0.3) is 0 Å². The molecule has 0 saturated heterocycles. The number of carboxylic acids is 1. The summed E-state index contributed by atoms with van der Waals surface area (Å²) in [7, 11) is 0. The zero-order valence-corrected chi connectivity index (χ0v) is 9.76. The van der Waals surface area contributed by atoms with Gasteiger partial charge in [-0.2, -0.15) is 0 Å². The van der Waals surface area contributed by atoms with Gasteiger partial charge in [-0.25, -0.2) is 4.79 Å². The predicted octanol–water partition coefficient (Wildman–Crippen LogP) is 1.34. The van der Waals surface area contributed by atoms with Crippen LogP contribution < -0.4 is 5.32 Å². The summed E-state index contributed by atoms with van der Waals surface area (Å²) in [5, 5.41) is 21.0. The van der Waals surface area contributed by atoms with Gasteiger partial charge in [-0.1, -0.05) is 36.4 Å². The first-order valence-electron chi connectivity index (χ1n) is 5.44. The first-order chi connectivity index (χ1) is 8.15. The Kier molecular flexibility index (Phi) is 5.39. The lowest BCUT2D eigenvalue weighted by molar-refractivity contribution is -0.132. The normalized spacial score (nSPS) is 13.4. The first kappa shape index (κ1) is 13.4. The molecule has 1 unspecified atom stereocenters. The molecular formula is C13H17NO3. The molecule has 17 heavy (non-hydrogen) atoms. The van der Waals surface area contributed by atoms with E-state index in [-0.39, 0.29) is 12.6 Å². The van der Waals surface area contributed by atoms with Gasteiger partial charge >= 0.3 is 5.97 Å². The third kappa shape index (κ3) is 4.38. The molecule has 0 saturated carbocycles. The summed E-state index contributed by atoms with van der Waals surface area (Å²) in [6.45, 7) is 1.93. The Morgan fingerprint density at radius 2 is 2.06 bits per heavy atom. The minimum absolute atomic E-state index is 0.0238. The van der Waals surface area contributed by atoms with E-state index in [9.17, 15) is 9.90 Å². The Bertz CT molecular complexity index is 387. The maximum absolute atomic E-state index is 10.6. The number of carboxylic acid groups (broad SMARTS) is 1. The van der Waals surface area contributed by atoms with Gasteiger partial charge in [-0.05, 0) is 12.5 Å². The van der Waals surface area contributed by atoms with Crippen molar-refractivity contribution in [3.63, 3.8) is 0 Å². The minimum Gasteiger partial charge on any atom is -0.478 e. The molecule has 1 aromatic carbocycles. The van der Waals surface area contributed by atoms with E-state index in [4.69, 9.17) is 5.11 Å². The number of aliphatic hydroxyl groups excluding tert-OH is 1. The van der Waals surface area contributed by atoms with Gasteiger partial charge in [0.2, 0.25) is 0 Å². The van der Waals surface area contributed by atoms with Gasteiger partial charge in [0.15, 0.2) is 0 Å². The fourth-order valence-electron chi connectivity index (χ4n) is 1.41. The molecule has 0 radical (unpaired) electrons. The third-order valence-electron chi connectivity index (χ3n) is 2.49. The Hall–Kier alpha value is -1.65. The van der Waals surface area contributed by atoms with Crippen LogP contribution in [0.5, 0.6) is 0 Å². The van der Waals surface area contributed by atoms with Crippen molar-refractivity contribution in [2.75, 3.05) is 13.2 Å². The molecule has 1 atom stereocenters. The van der Waals surface area contributed by atoms with Crippen LogP contribution in [0.3, 0.4) is 0 Å². The van der Waals surface area contributed by atoms with Crippen LogP contribution in [0.2, 0.25) is 0 Å². The highest BCUT2D eigenvalue weighted by Gasteiger charge is 2.08. The summed E-state index contributed by atoms with van der Waals surface area (Å²) >= 11 is 0. The fraction of sp³-hybridized carbons (Fsp3) is 0.308. The second-order valence-corrected chi connectivity index (χ2v) is 3.75. The van der Waals surface area contributed by atoms with E-state index in [1.807, 2.05) is 30.3 Å². The van der Waals surface area contributed by atoms with E-state index < -0.39 is 5.97 Å². The lowest BCUT2D eigenvalue weighted by Gasteiger charge is -2.15. The van der Waals surface area contributed by atoms with Crippen LogP contribution in [0, 0.1) is 0 Å². The summed E-state index contributed by atoms with van der Waals surface area (Å²) in [6.07, 6.45) is 1.59. The maximum Gasteiger partial charge on any atom is 0.330 e. The highest BCUT2D eigenvalue weighted by Crippen LogP contribution is 2.11. The molecule has 1 rings (SSSR count). The molecule has 0 aromatic heterocycles. The topological polar surface area (TPSA) is 69.6 Å². The van der Waals surface area contributed by atoms with E-state index in [0.717, 1.165) is 5.56 Å². The molecule has 0 aliphatic rings. The predicted molar refractivity (Wildman–Crippen MR) is 65.7 cm³/mol. The van der Waals surface area contributed by atoms with E-state index in [2.05, 4.69) is 5.32 Å². The van der Waals surface area contributed by atoms with Crippen molar-refractivity contribution < 1.29 is 15.0 Å². The smallest absolute Gasteiger partial charge is 0.330 e. The average molecular weight is 235 g/mol. The van der Waals surface area contributed by atoms with Crippen molar-refractivity contribution in [3.8, 4) is 0 Å². The van der Waals surface area contributed by atoms with Crippen molar-refractivity contribution in [2.24, 2.45) is 0 Å². The van der Waals surface area contributed by atoms with E-state index in [1.54, 1.807) is 13.0 Å². The summed E-state index contributed by atoms with van der Waals surface area (Å²) in [5.74, 6) is -0.924. The molecular weight excluding hydrogens is 218 g/mol. The van der Waals surface area contributed by atoms with Gasteiger partial charge < -0.3 is 15.5 Å². The van der Waals surface area contributed by atoms with Gasteiger partial charge in [-0.3, -0.25) is 0 Å². The quantitative estimate of drug-likeness (QED) is 0.651. The maximum atomic E-state index is 10.6. The number of nitrogens with one attached hydrogen (secondary N) is 1. The van der Waals surface area contributed by atoms with Crippen LogP contribution in [0.4, 0.5) is 0 Å². The molecule has 0 aliphatic heterocycles. The molecule has 0 aliphatic carbocycles. The zero-order valence-electron chi connectivity index (χ0n) is 9.76. The standard InChI is InChI=1S/C13H17NO3/c1-10(13(16)17)7-8-14-12(9-15)11-5-3-2-4-6-11/h2-7,12,14-15H,8-9H2,1H3,(H,16,17)/b10-7-. The van der Waals surface area contributed by atoms with Gasteiger partial charge in [-0.15, -0.1) is 0 Å². The lowest BCUT2D eigenvalue weighted by Crippen LogP contribution is -2.24. The van der Waals surface area contributed by atoms with Crippen LogP contribution >= 0.6 is 0 Å². The summed E-state index contributed by atoms with van der Waals surface area (Å²) in [4.78, 5) is 10.6. The first-order valence-corrected chi connectivity index (χ1v) is 5.44. The Labute approximate surface area is 101 Å². The number of aliphatic hydroxyl groups is 1. The number of aliphatic carboxylic acids is 1. The number of carbonyl (C=O) groups is 1. The average Bonchev–Trinajstić information content (AvgIpc) is 2.35. The van der Waals surface area contributed by atoms with Crippen molar-refractivity contribution in [1.29, 1.82) is 0 Å². The molecule has 4 nitrogen and oxygen atoms in total. The van der Waals surface area contributed by atoms with Crippen LogP contribution in [0.1, 0.15) is 18.5 Å². The third-order valence-corrected chi connectivity index (χ3v) is 2.49. The molecule has 0 bridgehead atoms. The lowest BCUT2D eigenvalue weighted by atomic mass is 10.1. The molecule has 0 fully saturated rings. The highest BCUT2D eigenvalue weighted by molar-refractivity contribution is 5.85. The Morgan fingerprint density at radius 3 is 2.59 bits per heavy atom. The molecule has 3 N–H and O–H groups in total. The SMILES string of the molecule is C/C(=C/CNC(CO)c1ccccc1)C(=O)O. The van der Waals surface area contributed by atoms with Crippen molar-refractivity contribution >= 4 is 5.97 Å². The van der Waals surface area contributed by atoms with Crippen LogP contribution in [-0.2, 0) is 4.79 Å². The second-order valence-electron chi connectivity index (χ2n) is 3.75. The van der Waals surface area contributed by atoms with Crippen molar-refractivity contribution in [2.45, 2.75) is 13.0 Å². The van der Waals surface area contributed by atoms with E-state index >= 15 is 0 Å².